The Kier molecular flexibility index (Phi) is 4.59. The van der Waals surface area contributed by atoms with Gasteiger partial charge in [-0.05, 0) is 12.8 Å². The van der Waals surface area contributed by atoms with Gasteiger partial charge in [0, 0.05) is 12.1 Å². The highest BCUT2D eigenvalue weighted by atomic mass is 19.1. The number of hydrogen-bond acceptors (Lipinski definition) is 4. The second-order valence-corrected chi connectivity index (χ2v) is 5.61. The molecule has 0 unspecified atom stereocenters. The predicted octanol–water partition coefficient (Wildman–Crippen LogP) is 2.39. The van der Waals surface area contributed by atoms with Gasteiger partial charge in [0.05, 0.1) is 12.7 Å². The van der Waals surface area contributed by atoms with Crippen LogP contribution in [0.1, 0.15) is 54.5 Å². The maximum Gasteiger partial charge on any atom is 0.273 e. The smallest absolute Gasteiger partial charge is 0.273 e. The van der Waals surface area contributed by atoms with Crippen LogP contribution in [0, 0.1) is 11.6 Å². The fourth-order valence-corrected chi connectivity index (χ4v) is 2.88. The lowest BCUT2D eigenvalue weighted by Gasteiger charge is -2.24. The molecule has 0 radical (unpaired) electrons. The minimum absolute atomic E-state index is 0.119. The van der Waals surface area contributed by atoms with E-state index in [1.54, 1.807) is 6.33 Å². The van der Waals surface area contributed by atoms with Crippen LogP contribution >= 0.6 is 0 Å². The van der Waals surface area contributed by atoms with Crippen molar-refractivity contribution in [3.8, 4) is 0 Å². The van der Waals surface area contributed by atoms with E-state index in [2.05, 4.69) is 20.5 Å². The van der Waals surface area contributed by atoms with Crippen LogP contribution in [0.4, 0.5) is 8.78 Å². The molecule has 1 fully saturated rings. The Labute approximate surface area is 131 Å². The molecule has 1 amide bonds. The van der Waals surface area contributed by atoms with E-state index in [-0.39, 0.29) is 6.54 Å². The topological polar surface area (TPSA) is 72.7 Å². The third-order valence-corrected chi connectivity index (χ3v) is 4.05. The molecular formula is C15H17F2N5O. The molecule has 1 saturated carbocycles. The molecule has 0 bridgehead atoms. The summed E-state index contributed by atoms with van der Waals surface area (Å²) in [6.45, 7) is 0.119. The molecule has 1 aliphatic carbocycles. The van der Waals surface area contributed by atoms with Crippen molar-refractivity contribution in [1.82, 2.24) is 25.1 Å². The van der Waals surface area contributed by atoms with E-state index in [0.717, 1.165) is 19.0 Å². The third kappa shape index (κ3) is 3.52. The highest BCUT2D eigenvalue weighted by molar-refractivity contribution is 5.92. The number of nitrogens with one attached hydrogen (secondary N) is 1. The average Bonchev–Trinajstić information content (AvgIpc) is 3.02. The van der Waals surface area contributed by atoms with Crippen LogP contribution in [0.15, 0.2) is 18.6 Å². The molecule has 1 aliphatic rings. The summed E-state index contributed by atoms with van der Waals surface area (Å²) < 4.78 is 28.3. The van der Waals surface area contributed by atoms with Crippen LogP contribution in [0.3, 0.4) is 0 Å². The van der Waals surface area contributed by atoms with Gasteiger partial charge in [-0.15, -0.1) is 10.2 Å². The molecule has 8 heteroatoms. The molecule has 3 rings (SSSR count). The summed E-state index contributed by atoms with van der Waals surface area (Å²) in [4.78, 5) is 15.5. The molecule has 2 aromatic rings. The lowest BCUT2D eigenvalue weighted by molar-refractivity contribution is 0.0939. The van der Waals surface area contributed by atoms with E-state index in [1.165, 1.54) is 19.3 Å². The number of aromatic nitrogens is 4. The molecule has 0 atom stereocenters. The van der Waals surface area contributed by atoms with Crippen LogP contribution in [0.25, 0.3) is 0 Å². The number of carbonyl (C=O) groups excluding carboxylic acids is 1. The first kappa shape index (κ1) is 15.5. The van der Waals surface area contributed by atoms with Crippen molar-refractivity contribution in [2.24, 2.45) is 0 Å². The highest BCUT2D eigenvalue weighted by Crippen LogP contribution is 2.28. The van der Waals surface area contributed by atoms with E-state index in [0.29, 0.717) is 17.9 Å². The number of hydrogen-bond donors (Lipinski definition) is 1. The van der Waals surface area contributed by atoms with Gasteiger partial charge >= 0.3 is 0 Å². The molecule has 23 heavy (non-hydrogen) atoms. The number of nitrogens with zero attached hydrogens (tertiary/aromatic N) is 4. The summed E-state index contributed by atoms with van der Waals surface area (Å²) in [5.74, 6) is -1.90. The Morgan fingerprint density at radius 1 is 1.30 bits per heavy atom. The van der Waals surface area contributed by atoms with E-state index < -0.39 is 23.2 Å². The summed E-state index contributed by atoms with van der Waals surface area (Å²) >= 11 is 0. The molecule has 0 saturated heterocycles. The molecular weight excluding hydrogens is 304 g/mol. The lowest BCUT2D eigenvalue weighted by atomic mass is 9.95. The Balaban J connectivity index is 1.66. The third-order valence-electron chi connectivity index (χ3n) is 4.05. The molecule has 0 spiro atoms. The van der Waals surface area contributed by atoms with Crippen molar-refractivity contribution in [1.29, 1.82) is 0 Å². The van der Waals surface area contributed by atoms with Gasteiger partial charge in [0.25, 0.3) is 5.91 Å². The summed E-state index contributed by atoms with van der Waals surface area (Å²) in [6, 6.07) is 0.971. The van der Waals surface area contributed by atoms with E-state index >= 15 is 0 Å². The summed E-state index contributed by atoms with van der Waals surface area (Å²) in [7, 11) is 0. The van der Waals surface area contributed by atoms with Crippen molar-refractivity contribution in [2.75, 3.05) is 0 Å². The quantitative estimate of drug-likeness (QED) is 0.938. The van der Waals surface area contributed by atoms with Crippen LogP contribution in [-0.4, -0.2) is 25.7 Å². The number of rotatable bonds is 4. The maximum absolute atomic E-state index is 13.5. The minimum Gasteiger partial charge on any atom is -0.343 e. The van der Waals surface area contributed by atoms with Gasteiger partial charge in [0.15, 0.2) is 17.3 Å². The van der Waals surface area contributed by atoms with Crippen molar-refractivity contribution in [3.05, 3.63) is 41.7 Å². The predicted molar refractivity (Wildman–Crippen MR) is 77.5 cm³/mol. The standard InChI is InChI=1S/C15H17F2N5O/c16-10-6-12(17)14(18-7-10)15(23)19-8-13-21-20-9-22(13)11-4-2-1-3-5-11/h6-7,9,11H,1-5,8H2,(H,19,23). The van der Waals surface area contributed by atoms with Gasteiger partial charge in [-0.25, -0.2) is 13.8 Å². The second kappa shape index (κ2) is 6.80. The zero-order chi connectivity index (χ0) is 16.2. The van der Waals surface area contributed by atoms with E-state index in [9.17, 15) is 13.6 Å². The molecule has 122 valence electrons. The first-order chi connectivity index (χ1) is 11.1. The monoisotopic (exact) mass is 321 g/mol. The van der Waals surface area contributed by atoms with Gasteiger partial charge in [0.1, 0.15) is 12.1 Å². The van der Waals surface area contributed by atoms with Crippen LogP contribution in [0.2, 0.25) is 0 Å². The fourth-order valence-electron chi connectivity index (χ4n) is 2.88. The number of pyridine rings is 1. The molecule has 6 nitrogen and oxygen atoms in total. The minimum atomic E-state index is -0.990. The Morgan fingerprint density at radius 3 is 2.83 bits per heavy atom. The van der Waals surface area contributed by atoms with Crippen molar-refractivity contribution in [2.45, 2.75) is 44.7 Å². The van der Waals surface area contributed by atoms with Crippen LogP contribution in [0.5, 0.6) is 0 Å². The molecule has 0 aromatic carbocycles. The van der Waals surface area contributed by atoms with Gasteiger partial charge in [0.2, 0.25) is 0 Å². The number of amides is 1. The van der Waals surface area contributed by atoms with Crippen LogP contribution in [-0.2, 0) is 6.54 Å². The van der Waals surface area contributed by atoms with Gasteiger partial charge < -0.3 is 9.88 Å². The Hall–Kier alpha value is -2.38. The first-order valence-electron chi connectivity index (χ1n) is 7.63. The molecule has 2 aromatic heterocycles. The summed E-state index contributed by atoms with van der Waals surface area (Å²) in [6.07, 6.45) is 8.16. The average molecular weight is 321 g/mol. The van der Waals surface area contributed by atoms with Gasteiger partial charge in [-0.2, -0.15) is 0 Å². The zero-order valence-corrected chi connectivity index (χ0v) is 12.5. The molecule has 0 aliphatic heterocycles. The van der Waals surface area contributed by atoms with Gasteiger partial charge in [-0.1, -0.05) is 19.3 Å². The lowest BCUT2D eigenvalue weighted by Crippen LogP contribution is -2.27. The Morgan fingerprint density at radius 2 is 2.09 bits per heavy atom. The molecule has 1 N–H and O–H groups in total. The van der Waals surface area contributed by atoms with Crippen LogP contribution < -0.4 is 5.32 Å². The van der Waals surface area contributed by atoms with E-state index in [4.69, 9.17) is 0 Å². The number of carbonyl (C=O) groups is 1. The summed E-state index contributed by atoms with van der Waals surface area (Å²) in [5.41, 5.74) is -0.435. The summed E-state index contributed by atoms with van der Waals surface area (Å²) in [5, 5.41) is 10.5. The Bertz CT molecular complexity index is 697. The number of halogens is 2. The van der Waals surface area contributed by atoms with E-state index in [1.807, 2.05) is 4.57 Å². The fraction of sp³-hybridized carbons (Fsp3) is 0.467. The normalized spacial score (nSPS) is 15.6. The largest absolute Gasteiger partial charge is 0.343 e. The first-order valence-corrected chi connectivity index (χ1v) is 7.63. The highest BCUT2D eigenvalue weighted by Gasteiger charge is 2.20. The molecule has 2 heterocycles. The van der Waals surface area contributed by atoms with Crippen molar-refractivity contribution < 1.29 is 13.6 Å². The maximum atomic E-state index is 13.5. The second-order valence-electron chi connectivity index (χ2n) is 5.61. The SMILES string of the molecule is O=C(NCc1nncn1C1CCCCC1)c1ncc(F)cc1F. The van der Waals surface area contributed by atoms with Crippen molar-refractivity contribution >= 4 is 5.91 Å². The van der Waals surface area contributed by atoms with Crippen molar-refractivity contribution in [3.63, 3.8) is 0 Å². The van der Waals surface area contributed by atoms with Gasteiger partial charge in [-0.3, -0.25) is 4.79 Å². The zero-order valence-electron chi connectivity index (χ0n) is 12.5.